The summed E-state index contributed by atoms with van der Waals surface area (Å²) in [5, 5.41) is 15.1. The van der Waals surface area contributed by atoms with Gasteiger partial charge < -0.3 is 0 Å². The molecule has 0 radical (unpaired) electrons. The van der Waals surface area contributed by atoms with Crippen LogP contribution in [0, 0.1) is 30.9 Å². The maximum absolute atomic E-state index is 11.1. The summed E-state index contributed by atoms with van der Waals surface area (Å²) >= 11 is 0. The van der Waals surface area contributed by atoms with Crippen molar-refractivity contribution in [2.75, 3.05) is 5.43 Å². The number of hydrogen-bond donors (Lipinski definition) is 1. The van der Waals surface area contributed by atoms with Gasteiger partial charge in [0.25, 0.3) is 0 Å². The smallest absolute Gasteiger partial charge is 0.272 e. The Morgan fingerprint density at radius 3 is 2.33 bits per heavy atom. The lowest BCUT2D eigenvalue weighted by molar-refractivity contribution is -0.384. The second-order valence-electron chi connectivity index (χ2n) is 4.23. The van der Waals surface area contributed by atoms with Crippen LogP contribution < -0.4 is 5.43 Å². The SMILES string of the molecule is Cc1nn(C)c(Nn2c(C)ccc2C)c1[N+](=O)[O-]. The molecular weight excluding hydrogens is 234 g/mol. The van der Waals surface area contributed by atoms with Gasteiger partial charge in [-0.2, -0.15) is 5.10 Å². The first-order valence-electron chi connectivity index (χ1n) is 5.51. The van der Waals surface area contributed by atoms with E-state index in [9.17, 15) is 10.1 Å². The molecule has 0 amide bonds. The Kier molecular flexibility index (Phi) is 2.82. The molecule has 0 aliphatic rings. The van der Waals surface area contributed by atoms with Gasteiger partial charge in [0.05, 0.1) is 4.92 Å². The highest BCUT2D eigenvalue weighted by Crippen LogP contribution is 2.27. The normalized spacial score (nSPS) is 10.7. The number of rotatable bonds is 3. The molecule has 0 aliphatic carbocycles. The number of nitrogens with zero attached hydrogens (tertiary/aromatic N) is 4. The Balaban J connectivity index is 2.50. The minimum absolute atomic E-state index is 0.00463. The molecule has 96 valence electrons. The standard InChI is InChI=1S/C11H15N5O2/c1-7-5-6-8(2)15(7)13-11-10(16(17)18)9(3)12-14(11)4/h5-6,13H,1-4H3. The zero-order valence-electron chi connectivity index (χ0n) is 10.8. The maximum atomic E-state index is 11.1. The zero-order chi connectivity index (χ0) is 13.4. The molecule has 0 aliphatic heterocycles. The lowest BCUT2D eigenvalue weighted by atomic mass is 10.4. The van der Waals surface area contributed by atoms with Crippen LogP contribution in [0.15, 0.2) is 12.1 Å². The molecule has 2 aromatic rings. The Bertz CT molecular complexity index is 592. The highest BCUT2D eigenvalue weighted by molar-refractivity contribution is 5.59. The molecule has 2 aromatic heterocycles. The van der Waals surface area contributed by atoms with Crippen LogP contribution in [0.5, 0.6) is 0 Å². The molecule has 7 nitrogen and oxygen atoms in total. The van der Waals surface area contributed by atoms with Gasteiger partial charge >= 0.3 is 5.69 Å². The van der Waals surface area contributed by atoms with Crippen LogP contribution in [0.1, 0.15) is 17.1 Å². The molecule has 0 saturated heterocycles. The van der Waals surface area contributed by atoms with E-state index in [1.54, 1.807) is 18.6 Å². The van der Waals surface area contributed by atoms with Gasteiger partial charge in [0.2, 0.25) is 5.82 Å². The fraction of sp³-hybridized carbons (Fsp3) is 0.364. The van der Waals surface area contributed by atoms with Crippen molar-refractivity contribution in [1.29, 1.82) is 0 Å². The third-order valence-corrected chi connectivity index (χ3v) is 2.86. The first-order chi connectivity index (χ1) is 8.41. The van der Waals surface area contributed by atoms with Crippen molar-refractivity contribution in [3.8, 4) is 0 Å². The molecule has 0 unspecified atom stereocenters. The van der Waals surface area contributed by atoms with E-state index in [1.165, 1.54) is 4.68 Å². The monoisotopic (exact) mass is 249 g/mol. The van der Waals surface area contributed by atoms with Crippen molar-refractivity contribution in [2.45, 2.75) is 20.8 Å². The van der Waals surface area contributed by atoms with Crippen LogP contribution in [0.2, 0.25) is 0 Å². The summed E-state index contributed by atoms with van der Waals surface area (Å²) < 4.78 is 3.27. The molecule has 2 rings (SSSR count). The highest BCUT2D eigenvalue weighted by Gasteiger charge is 2.24. The van der Waals surface area contributed by atoms with E-state index in [0.717, 1.165) is 11.4 Å². The Morgan fingerprint density at radius 1 is 1.28 bits per heavy atom. The molecule has 0 atom stereocenters. The third kappa shape index (κ3) is 1.83. The van der Waals surface area contributed by atoms with Gasteiger partial charge in [-0.1, -0.05) is 0 Å². The summed E-state index contributed by atoms with van der Waals surface area (Å²) in [4.78, 5) is 10.6. The lowest BCUT2D eigenvalue weighted by Gasteiger charge is -2.11. The Hall–Kier alpha value is -2.31. The zero-order valence-corrected chi connectivity index (χ0v) is 10.8. The van der Waals surface area contributed by atoms with Gasteiger partial charge in [0.15, 0.2) is 0 Å². The average molecular weight is 249 g/mol. The van der Waals surface area contributed by atoms with Gasteiger partial charge in [0.1, 0.15) is 5.69 Å². The van der Waals surface area contributed by atoms with E-state index in [1.807, 2.05) is 26.0 Å². The number of anilines is 1. The number of nitro groups is 1. The van der Waals surface area contributed by atoms with Gasteiger partial charge in [-0.3, -0.25) is 20.2 Å². The summed E-state index contributed by atoms with van der Waals surface area (Å²) in [6.07, 6.45) is 0. The van der Waals surface area contributed by atoms with Crippen LogP contribution in [-0.2, 0) is 7.05 Å². The summed E-state index contributed by atoms with van der Waals surface area (Å²) in [6.45, 7) is 5.48. The van der Waals surface area contributed by atoms with E-state index in [0.29, 0.717) is 11.5 Å². The third-order valence-electron chi connectivity index (χ3n) is 2.86. The van der Waals surface area contributed by atoms with Gasteiger partial charge in [-0.05, 0) is 32.9 Å². The fourth-order valence-electron chi connectivity index (χ4n) is 1.94. The number of nitrogens with one attached hydrogen (secondary N) is 1. The molecule has 1 N–H and O–H groups in total. The predicted octanol–water partition coefficient (Wildman–Crippen LogP) is 1.93. The Labute approximate surface area is 104 Å². The largest absolute Gasteiger partial charge is 0.335 e. The van der Waals surface area contributed by atoms with Crippen LogP contribution in [0.3, 0.4) is 0 Å². The molecule has 0 bridgehead atoms. The first-order valence-corrected chi connectivity index (χ1v) is 5.51. The van der Waals surface area contributed by atoms with E-state index >= 15 is 0 Å². The van der Waals surface area contributed by atoms with E-state index < -0.39 is 4.92 Å². The molecule has 0 spiro atoms. The van der Waals surface area contributed by atoms with Crippen molar-refractivity contribution >= 4 is 11.5 Å². The number of aryl methyl sites for hydroxylation is 4. The lowest BCUT2D eigenvalue weighted by Crippen LogP contribution is -2.15. The minimum Gasteiger partial charge on any atom is -0.272 e. The molecule has 18 heavy (non-hydrogen) atoms. The van der Waals surface area contributed by atoms with Crippen molar-refractivity contribution in [2.24, 2.45) is 7.05 Å². The summed E-state index contributed by atoms with van der Waals surface area (Å²) in [5.74, 6) is 0.375. The van der Waals surface area contributed by atoms with Gasteiger partial charge in [-0.25, -0.2) is 4.68 Å². The van der Waals surface area contributed by atoms with Crippen LogP contribution in [0.4, 0.5) is 11.5 Å². The predicted molar refractivity (Wildman–Crippen MR) is 67.5 cm³/mol. The fourth-order valence-corrected chi connectivity index (χ4v) is 1.94. The van der Waals surface area contributed by atoms with Crippen LogP contribution in [0.25, 0.3) is 0 Å². The van der Waals surface area contributed by atoms with Crippen LogP contribution >= 0.6 is 0 Å². The topological polar surface area (TPSA) is 77.9 Å². The molecule has 0 fully saturated rings. The second-order valence-corrected chi connectivity index (χ2v) is 4.23. The molecule has 2 heterocycles. The first kappa shape index (κ1) is 12.2. The number of hydrogen-bond acceptors (Lipinski definition) is 4. The average Bonchev–Trinajstić information content (AvgIpc) is 2.72. The Morgan fingerprint density at radius 2 is 1.83 bits per heavy atom. The molecule has 0 aromatic carbocycles. The summed E-state index contributed by atoms with van der Waals surface area (Å²) in [5.41, 5.74) is 5.38. The van der Waals surface area contributed by atoms with Crippen molar-refractivity contribution in [3.05, 3.63) is 39.3 Å². The van der Waals surface area contributed by atoms with Gasteiger partial charge in [-0.15, -0.1) is 0 Å². The quantitative estimate of drug-likeness (QED) is 0.666. The van der Waals surface area contributed by atoms with Gasteiger partial charge in [0, 0.05) is 18.4 Å². The highest BCUT2D eigenvalue weighted by atomic mass is 16.6. The van der Waals surface area contributed by atoms with Crippen molar-refractivity contribution < 1.29 is 4.92 Å². The summed E-state index contributed by atoms with van der Waals surface area (Å²) in [7, 11) is 1.68. The number of aromatic nitrogens is 3. The molecule has 0 saturated carbocycles. The van der Waals surface area contributed by atoms with Crippen LogP contribution in [-0.4, -0.2) is 19.4 Å². The molecule has 7 heteroatoms. The van der Waals surface area contributed by atoms with E-state index in [2.05, 4.69) is 10.5 Å². The minimum atomic E-state index is -0.418. The molecular formula is C11H15N5O2. The van der Waals surface area contributed by atoms with E-state index in [-0.39, 0.29) is 5.69 Å². The van der Waals surface area contributed by atoms with E-state index in [4.69, 9.17) is 0 Å². The maximum Gasteiger partial charge on any atom is 0.335 e. The van der Waals surface area contributed by atoms with Crippen molar-refractivity contribution in [1.82, 2.24) is 14.5 Å². The van der Waals surface area contributed by atoms with Crippen molar-refractivity contribution in [3.63, 3.8) is 0 Å². The summed E-state index contributed by atoms with van der Waals surface area (Å²) in [6, 6.07) is 3.88. The second kappa shape index (κ2) is 4.17.